The van der Waals surface area contributed by atoms with Gasteiger partial charge in [0, 0.05) is 23.2 Å². The van der Waals surface area contributed by atoms with E-state index in [1.165, 1.54) is 6.92 Å². The molecule has 0 aliphatic heterocycles. The number of carbonyl (C=O) groups is 2. The van der Waals surface area contributed by atoms with E-state index in [1.54, 1.807) is 18.2 Å². The van der Waals surface area contributed by atoms with Gasteiger partial charge in [-0.2, -0.15) is 0 Å². The fraction of sp³-hybridized carbons (Fsp3) is 0.125. The summed E-state index contributed by atoms with van der Waals surface area (Å²) in [6.07, 6.45) is 1.45. The molecular formula is C16H14ClNO2. The fourth-order valence-corrected chi connectivity index (χ4v) is 2.17. The van der Waals surface area contributed by atoms with Crippen molar-refractivity contribution >= 4 is 29.5 Å². The van der Waals surface area contributed by atoms with E-state index in [1.807, 2.05) is 24.3 Å². The molecule has 0 fully saturated rings. The predicted octanol–water partition coefficient (Wildman–Crippen LogP) is 3.70. The first-order valence-corrected chi connectivity index (χ1v) is 6.56. The average Bonchev–Trinajstić information content (AvgIpc) is 2.41. The molecule has 0 spiro atoms. The Balaban J connectivity index is 2.19. The van der Waals surface area contributed by atoms with Gasteiger partial charge in [-0.25, -0.2) is 0 Å². The summed E-state index contributed by atoms with van der Waals surface area (Å²) in [5.74, 6) is -0.101. The van der Waals surface area contributed by atoms with E-state index in [-0.39, 0.29) is 5.91 Å². The molecule has 0 saturated heterocycles. The monoisotopic (exact) mass is 287 g/mol. The molecule has 0 atom stereocenters. The van der Waals surface area contributed by atoms with Crippen LogP contribution in [0.3, 0.4) is 0 Å². The van der Waals surface area contributed by atoms with Crippen molar-refractivity contribution in [3.05, 3.63) is 64.2 Å². The molecule has 2 aromatic carbocycles. The van der Waals surface area contributed by atoms with Crippen LogP contribution in [0.2, 0.25) is 5.02 Å². The Morgan fingerprint density at radius 1 is 1.20 bits per heavy atom. The van der Waals surface area contributed by atoms with Gasteiger partial charge in [-0.15, -0.1) is 0 Å². The van der Waals surface area contributed by atoms with Gasteiger partial charge in [0.1, 0.15) is 6.29 Å². The summed E-state index contributed by atoms with van der Waals surface area (Å²) in [5, 5.41) is 3.32. The summed E-state index contributed by atoms with van der Waals surface area (Å²) in [6, 6.07) is 12.7. The van der Waals surface area contributed by atoms with Gasteiger partial charge in [-0.1, -0.05) is 23.7 Å². The van der Waals surface area contributed by atoms with Crippen LogP contribution < -0.4 is 5.32 Å². The van der Waals surface area contributed by atoms with E-state index < -0.39 is 0 Å². The third-order valence-electron chi connectivity index (χ3n) is 2.90. The average molecular weight is 288 g/mol. The summed E-state index contributed by atoms with van der Waals surface area (Å²) >= 11 is 5.96. The maximum absolute atomic E-state index is 11.0. The highest BCUT2D eigenvalue weighted by Gasteiger charge is 2.04. The quantitative estimate of drug-likeness (QED) is 0.872. The molecule has 0 aliphatic rings. The van der Waals surface area contributed by atoms with Crippen molar-refractivity contribution in [2.75, 3.05) is 5.32 Å². The minimum absolute atomic E-state index is 0.101. The van der Waals surface area contributed by atoms with Crippen molar-refractivity contribution < 1.29 is 9.59 Å². The molecule has 0 heterocycles. The predicted molar refractivity (Wildman–Crippen MR) is 80.4 cm³/mol. The highest BCUT2D eigenvalue weighted by Crippen LogP contribution is 2.19. The smallest absolute Gasteiger partial charge is 0.221 e. The van der Waals surface area contributed by atoms with Gasteiger partial charge in [0.25, 0.3) is 0 Å². The van der Waals surface area contributed by atoms with Gasteiger partial charge in [0.05, 0.1) is 0 Å². The number of aldehydes is 1. The van der Waals surface area contributed by atoms with Crippen LogP contribution in [0, 0.1) is 0 Å². The van der Waals surface area contributed by atoms with Crippen LogP contribution in [0.25, 0.3) is 0 Å². The van der Waals surface area contributed by atoms with Crippen LogP contribution in [0.4, 0.5) is 5.69 Å². The van der Waals surface area contributed by atoms with Crippen LogP contribution in [0.15, 0.2) is 42.5 Å². The third kappa shape index (κ3) is 3.68. The van der Waals surface area contributed by atoms with Crippen LogP contribution in [-0.4, -0.2) is 12.2 Å². The van der Waals surface area contributed by atoms with E-state index in [9.17, 15) is 9.59 Å². The highest BCUT2D eigenvalue weighted by atomic mass is 35.5. The molecule has 2 rings (SSSR count). The Labute approximate surface area is 122 Å². The Bertz CT molecular complexity index is 635. The molecule has 0 saturated carbocycles. The topological polar surface area (TPSA) is 46.2 Å². The van der Waals surface area contributed by atoms with Crippen molar-refractivity contribution in [2.45, 2.75) is 13.3 Å². The molecule has 0 unspecified atom stereocenters. The van der Waals surface area contributed by atoms with Gasteiger partial charge in [-0.3, -0.25) is 9.59 Å². The third-order valence-corrected chi connectivity index (χ3v) is 3.14. The maximum Gasteiger partial charge on any atom is 0.221 e. The second-order valence-electron chi connectivity index (χ2n) is 4.52. The van der Waals surface area contributed by atoms with Crippen LogP contribution >= 0.6 is 11.6 Å². The minimum Gasteiger partial charge on any atom is -0.326 e. The first kappa shape index (κ1) is 14.3. The molecule has 1 amide bonds. The number of hydrogen-bond donors (Lipinski definition) is 1. The van der Waals surface area contributed by atoms with Gasteiger partial charge in [0.15, 0.2) is 0 Å². The summed E-state index contributed by atoms with van der Waals surface area (Å²) < 4.78 is 0. The van der Waals surface area contributed by atoms with Gasteiger partial charge in [-0.05, 0) is 47.9 Å². The summed E-state index contributed by atoms with van der Waals surface area (Å²) in [5.41, 5.74) is 3.33. The number of rotatable bonds is 4. The Morgan fingerprint density at radius 2 is 1.90 bits per heavy atom. The molecule has 20 heavy (non-hydrogen) atoms. The van der Waals surface area contributed by atoms with E-state index in [2.05, 4.69) is 5.32 Å². The van der Waals surface area contributed by atoms with Crippen LogP contribution in [-0.2, 0) is 11.2 Å². The zero-order chi connectivity index (χ0) is 14.5. The number of hydrogen-bond acceptors (Lipinski definition) is 2. The van der Waals surface area contributed by atoms with Crippen LogP contribution in [0.1, 0.15) is 28.4 Å². The lowest BCUT2D eigenvalue weighted by molar-refractivity contribution is -0.114. The second kappa shape index (κ2) is 6.35. The first-order chi connectivity index (χ1) is 9.58. The lowest BCUT2D eigenvalue weighted by Crippen LogP contribution is -2.05. The summed E-state index contributed by atoms with van der Waals surface area (Å²) in [4.78, 5) is 22.0. The highest BCUT2D eigenvalue weighted by molar-refractivity contribution is 6.30. The molecule has 4 heteroatoms. The number of halogens is 1. The number of carbonyl (C=O) groups excluding carboxylic acids is 2. The summed E-state index contributed by atoms with van der Waals surface area (Å²) in [7, 11) is 0. The normalized spacial score (nSPS) is 10.1. The van der Waals surface area contributed by atoms with E-state index in [4.69, 9.17) is 11.6 Å². The molecule has 0 radical (unpaired) electrons. The van der Waals surface area contributed by atoms with Crippen molar-refractivity contribution in [2.24, 2.45) is 0 Å². The van der Waals surface area contributed by atoms with E-state index in [0.717, 1.165) is 23.1 Å². The number of benzene rings is 2. The zero-order valence-corrected chi connectivity index (χ0v) is 11.8. The zero-order valence-electron chi connectivity index (χ0n) is 11.0. The Hall–Kier alpha value is -2.13. The lowest BCUT2D eigenvalue weighted by Gasteiger charge is -2.07. The Morgan fingerprint density at radius 3 is 2.50 bits per heavy atom. The number of anilines is 1. The van der Waals surface area contributed by atoms with E-state index >= 15 is 0 Å². The minimum atomic E-state index is -0.101. The molecular weight excluding hydrogens is 274 g/mol. The maximum atomic E-state index is 11.0. The Kier molecular flexibility index (Phi) is 4.53. The van der Waals surface area contributed by atoms with Gasteiger partial charge in [0.2, 0.25) is 5.91 Å². The van der Waals surface area contributed by atoms with Gasteiger partial charge < -0.3 is 5.32 Å². The molecule has 0 aromatic heterocycles. The van der Waals surface area contributed by atoms with Crippen molar-refractivity contribution in [3.8, 4) is 0 Å². The van der Waals surface area contributed by atoms with Crippen LogP contribution in [0.5, 0.6) is 0 Å². The number of nitrogens with one attached hydrogen (secondary N) is 1. The standard InChI is InChI=1S/C16H14ClNO2/c1-11(20)18-16-6-2-12(3-7-16)8-14-9-15(17)5-4-13(14)10-19/h2-7,9-10H,8H2,1H3,(H,18,20). The first-order valence-electron chi connectivity index (χ1n) is 6.18. The van der Waals surface area contributed by atoms with Gasteiger partial charge >= 0.3 is 0 Å². The van der Waals surface area contributed by atoms with E-state index in [0.29, 0.717) is 17.0 Å². The number of amides is 1. The molecule has 0 bridgehead atoms. The molecule has 102 valence electrons. The lowest BCUT2D eigenvalue weighted by atomic mass is 10.0. The second-order valence-corrected chi connectivity index (χ2v) is 4.95. The SMILES string of the molecule is CC(=O)Nc1ccc(Cc2cc(Cl)ccc2C=O)cc1. The van der Waals surface area contributed by atoms with Crippen molar-refractivity contribution in [1.29, 1.82) is 0 Å². The summed E-state index contributed by atoms with van der Waals surface area (Å²) in [6.45, 7) is 1.47. The van der Waals surface area contributed by atoms with Crippen molar-refractivity contribution in [3.63, 3.8) is 0 Å². The fourth-order valence-electron chi connectivity index (χ4n) is 1.97. The molecule has 0 aliphatic carbocycles. The largest absolute Gasteiger partial charge is 0.326 e. The molecule has 1 N–H and O–H groups in total. The van der Waals surface area contributed by atoms with Crippen molar-refractivity contribution in [1.82, 2.24) is 0 Å². The molecule has 3 nitrogen and oxygen atoms in total. The molecule has 2 aromatic rings.